The quantitative estimate of drug-likeness (QED) is 0.678. The van der Waals surface area contributed by atoms with Crippen LogP contribution in [0.1, 0.15) is 23.4 Å². The lowest BCUT2D eigenvalue weighted by molar-refractivity contribution is -0.120. The van der Waals surface area contributed by atoms with Crippen molar-refractivity contribution in [2.24, 2.45) is 5.10 Å². The number of aromatic nitrogens is 1. The molecule has 94 valence electrons. The second kappa shape index (κ2) is 5.59. The summed E-state index contributed by atoms with van der Waals surface area (Å²) in [5.74, 6) is 0.454. The SMILES string of the molecule is C/C(=N/NC(=O)Cc1nc(C)cs1)c1ccco1. The number of rotatable bonds is 4. The second-order valence-electron chi connectivity index (χ2n) is 3.77. The molecule has 2 rings (SSSR count). The van der Waals surface area contributed by atoms with E-state index in [-0.39, 0.29) is 12.3 Å². The standard InChI is InChI=1S/C12H13N3O2S/c1-8-7-18-12(13-8)6-11(16)15-14-9(2)10-4-3-5-17-10/h3-5,7H,6H2,1-2H3,(H,15,16)/b14-9-. The summed E-state index contributed by atoms with van der Waals surface area (Å²) in [4.78, 5) is 15.8. The number of thiazole rings is 1. The van der Waals surface area contributed by atoms with Crippen molar-refractivity contribution in [2.45, 2.75) is 20.3 Å². The maximum Gasteiger partial charge on any atom is 0.246 e. The molecule has 0 saturated heterocycles. The number of furan rings is 1. The van der Waals surface area contributed by atoms with Crippen molar-refractivity contribution in [3.8, 4) is 0 Å². The van der Waals surface area contributed by atoms with Gasteiger partial charge in [0.1, 0.15) is 16.5 Å². The zero-order valence-electron chi connectivity index (χ0n) is 10.1. The molecule has 2 heterocycles. The Balaban J connectivity index is 1.90. The van der Waals surface area contributed by atoms with Gasteiger partial charge in [-0.2, -0.15) is 5.10 Å². The summed E-state index contributed by atoms with van der Waals surface area (Å²) in [6.07, 6.45) is 1.81. The van der Waals surface area contributed by atoms with Crippen LogP contribution in [0.15, 0.2) is 33.3 Å². The number of nitrogens with one attached hydrogen (secondary N) is 1. The van der Waals surface area contributed by atoms with E-state index >= 15 is 0 Å². The zero-order chi connectivity index (χ0) is 13.0. The van der Waals surface area contributed by atoms with Crippen molar-refractivity contribution in [2.75, 3.05) is 0 Å². The first-order valence-electron chi connectivity index (χ1n) is 5.43. The fourth-order valence-electron chi connectivity index (χ4n) is 1.35. The second-order valence-corrected chi connectivity index (χ2v) is 4.71. The Morgan fingerprint density at radius 3 is 3.06 bits per heavy atom. The third-order valence-corrected chi connectivity index (χ3v) is 3.17. The van der Waals surface area contributed by atoms with Crippen molar-refractivity contribution in [1.29, 1.82) is 0 Å². The highest BCUT2D eigenvalue weighted by molar-refractivity contribution is 7.09. The fraction of sp³-hybridized carbons (Fsp3) is 0.250. The first-order valence-corrected chi connectivity index (χ1v) is 6.31. The number of hydrogen-bond acceptors (Lipinski definition) is 5. The molecule has 6 heteroatoms. The van der Waals surface area contributed by atoms with Gasteiger partial charge in [-0.3, -0.25) is 4.79 Å². The summed E-state index contributed by atoms with van der Waals surface area (Å²) >= 11 is 1.47. The van der Waals surface area contributed by atoms with Gasteiger partial charge in [0.15, 0.2) is 0 Å². The Morgan fingerprint density at radius 2 is 2.44 bits per heavy atom. The predicted octanol–water partition coefficient (Wildman–Crippen LogP) is 2.13. The molecule has 0 aliphatic carbocycles. The van der Waals surface area contributed by atoms with Crippen LogP contribution >= 0.6 is 11.3 Å². The maximum absolute atomic E-state index is 11.6. The minimum Gasteiger partial charge on any atom is -0.463 e. The molecular formula is C12H13N3O2S. The van der Waals surface area contributed by atoms with Crippen LogP contribution in [0, 0.1) is 6.92 Å². The maximum atomic E-state index is 11.6. The highest BCUT2D eigenvalue weighted by Gasteiger charge is 2.06. The molecule has 0 spiro atoms. The zero-order valence-corrected chi connectivity index (χ0v) is 11.0. The molecule has 0 unspecified atom stereocenters. The Kier molecular flexibility index (Phi) is 3.88. The smallest absolute Gasteiger partial charge is 0.246 e. The number of aryl methyl sites for hydroxylation is 1. The molecular weight excluding hydrogens is 250 g/mol. The van der Waals surface area contributed by atoms with Crippen molar-refractivity contribution >= 4 is 23.0 Å². The molecule has 2 aromatic heterocycles. The van der Waals surface area contributed by atoms with Crippen LogP contribution in [0.5, 0.6) is 0 Å². The van der Waals surface area contributed by atoms with Crippen molar-refractivity contribution in [1.82, 2.24) is 10.4 Å². The number of hydrazone groups is 1. The molecule has 0 fully saturated rings. The monoisotopic (exact) mass is 263 g/mol. The average molecular weight is 263 g/mol. The first kappa shape index (κ1) is 12.5. The Labute approximate surface area is 109 Å². The van der Waals surface area contributed by atoms with Gasteiger partial charge < -0.3 is 4.42 Å². The van der Waals surface area contributed by atoms with E-state index in [0.29, 0.717) is 11.5 Å². The molecule has 0 atom stereocenters. The highest BCUT2D eigenvalue weighted by atomic mass is 32.1. The number of amides is 1. The van der Waals surface area contributed by atoms with Gasteiger partial charge in [-0.1, -0.05) is 0 Å². The summed E-state index contributed by atoms with van der Waals surface area (Å²) in [7, 11) is 0. The Hall–Kier alpha value is -1.95. The molecule has 1 N–H and O–H groups in total. The molecule has 0 radical (unpaired) electrons. The first-order chi connectivity index (χ1) is 8.65. The lowest BCUT2D eigenvalue weighted by atomic mass is 10.3. The third kappa shape index (κ3) is 3.27. The minimum atomic E-state index is -0.185. The van der Waals surface area contributed by atoms with E-state index in [2.05, 4.69) is 15.5 Å². The molecule has 18 heavy (non-hydrogen) atoms. The van der Waals surface area contributed by atoms with Gasteiger partial charge in [0, 0.05) is 11.1 Å². The largest absolute Gasteiger partial charge is 0.463 e. The summed E-state index contributed by atoms with van der Waals surface area (Å²) in [5, 5.41) is 6.67. The average Bonchev–Trinajstić information content (AvgIpc) is 2.97. The van der Waals surface area contributed by atoms with Gasteiger partial charge in [0.2, 0.25) is 5.91 Å². The fourth-order valence-corrected chi connectivity index (χ4v) is 2.12. The molecule has 0 bridgehead atoms. The topological polar surface area (TPSA) is 67.5 Å². The number of carbonyl (C=O) groups excluding carboxylic acids is 1. The van der Waals surface area contributed by atoms with Gasteiger partial charge in [-0.25, -0.2) is 10.4 Å². The van der Waals surface area contributed by atoms with E-state index in [1.165, 1.54) is 11.3 Å². The van der Waals surface area contributed by atoms with E-state index in [1.54, 1.807) is 25.3 Å². The molecule has 2 aromatic rings. The van der Waals surface area contributed by atoms with Crippen LogP contribution in [0.3, 0.4) is 0 Å². The van der Waals surface area contributed by atoms with Gasteiger partial charge in [0.25, 0.3) is 0 Å². The summed E-state index contributed by atoms with van der Waals surface area (Å²) in [6.45, 7) is 3.67. The summed E-state index contributed by atoms with van der Waals surface area (Å²) in [6, 6.07) is 3.56. The molecule has 0 aliphatic heterocycles. The van der Waals surface area contributed by atoms with Crippen LogP contribution < -0.4 is 5.43 Å². The van der Waals surface area contributed by atoms with Crippen LogP contribution in [0.25, 0.3) is 0 Å². The van der Waals surface area contributed by atoms with Gasteiger partial charge in [-0.15, -0.1) is 11.3 Å². The molecule has 0 aromatic carbocycles. The Morgan fingerprint density at radius 1 is 1.61 bits per heavy atom. The predicted molar refractivity (Wildman–Crippen MR) is 69.6 cm³/mol. The van der Waals surface area contributed by atoms with Crippen LogP contribution in [0.4, 0.5) is 0 Å². The van der Waals surface area contributed by atoms with E-state index < -0.39 is 0 Å². The van der Waals surface area contributed by atoms with Crippen LogP contribution in [-0.4, -0.2) is 16.6 Å². The van der Waals surface area contributed by atoms with E-state index in [9.17, 15) is 4.79 Å². The van der Waals surface area contributed by atoms with Gasteiger partial charge in [0.05, 0.1) is 12.7 Å². The molecule has 1 amide bonds. The van der Waals surface area contributed by atoms with Crippen LogP contribution in [0.2, 0.25) is 0 Å². The number of hydrogen-bond donors (Lipinski definition) is 1. The molecule has 0 aliphatic rings. The lowest BCUT2D eigenvalue weighted by Gasteiger charge is -1.99. The summed E-state index contributed by atoms with van der Waals surface area (Å²) in [5.41, 5.74) is 4.04. The van der Waals surface area contributed by atoms with Crippen molar-refractivity contribution < 1.29 is 9.21 Å². The number of carbonyl (C=O) groups is 1. The van der Waals surface area contributed by atoms with Gasteiger partial charge >= 0.3 is 0 Å². The molecule has 5 nitrogen and oxygen atoms in total. The van der Waals surface area contributed by atoms with Gasteiger partial charge in [-0.05, 0) is 26.0 Å². The third-order valence-electron chi connectivity index (χ3n) is 2.20. The van der Waals surface area contributed by atoms with Crippen LogP contribution in [-0.2, 0) is 11.2 Å². The normalized spacial score (nSPS) is 11.6. The highest BCUT2D eigenvalue weighted by Crippen LogP contribution is 2.09. The van der Waals surface area contributed by atoms with E-state index in [1.807, 2.05) is 12.3 Å². The Bertz CT molecular complexity index is 558. The lowest BCUT2D eigenvalue weighted by Crippen LogP contribution is -2.21. The van der Waals surface area contributed by atoms with E-state index in [4.69, 9.17) is 4.42 Å². The molecule has 0 saturated carbocycles. The summed E-state index contributed by atoms with van der Waals surface area (Å²) < 4.78 is 5.16. The van der Waals surface area contributed by atoms with Crippen molar-refractivity contribution in [3.63, 3.8) is 0 Å². The van der Waals surface area contributed by atoms with E-state index in [0.717, 1.165) is 10.7 Å². The number of nitrogens with zero attached hydrogens (tertiary/aromatic N) is 2. The van der Waals surface area contributed by atoms with Crippen molar-refractivity contribution in [3.05, 3.63) is 40.2 Å². The minimum absolute atomic E-state index is 0.185.